The van der Waals surface area contributed by atoms with Crippen molar-refractivity contribution in [3.8, 4) is 0 Å². The number of amides is 1. The van der Waals surface area contributed by atoms with Crippen molar-refractivity contribution in [2.45, 2.75) is 12.5 Å². The van der Waals surface area contributed by atoms with E-state index in [-0.39, 0.29) is 17.1 Å². The minimum Gasteiger partial charge on any atom is -0.345 e. The molecule has 1 aliphatic heterocycles. The third-order valence-corrected chi connectivity index (χ3v) is 5.59. The zero-order valence-electron chi connectivity index (χ0n) is 13.4. The van der Waals surface area contributed by atoms with Gasteiger partial charge in [0.1, 0.15) is 5.82 Å². The van der Waals surface area contributed by atoms with Gasteiger partial charge in [0, 0.05) is 6.54 Å². The molecule has 1 N–H and O–H groups in total. The molecule has 0 saturated heterocycles. The summed E-state index contributed by atoms with van der Waals surface area (Å²) in [6.07, 6.45) is 1.52. The number of anilines is 1. The lowest BCUT2D eigenvalue weighted by atomic mass is 9.97. The number of carbonyl (C=O) groups excluding carboxylic acids is 1. The molecule has 1 unspecified atom stereocenters. The minimum atomic E-state index is -3.42. The van der Waals surface area contributed by atoms with Crippen LogP contribution >= 0.6 is 11.6 Å². The Balaban J connectivity index is 1.93. The number of sulfonamides is 1. The van der Waals surface area contributed by atoms with Crippen LogP contribution in [-0.4, -0.2) is 27.1 Å². The number of rotatable bonds is 3. The van der Waals surface area contributed by atoms with Crippen LogP contribution in [-0.2, 0) is 10.0 Å². The van der Waals surface area contributed by atoms with Crippen molar-refractivity contribution in [2.24, 2.45) is 0 Å². The van der Waals surface area contributed by atoms with Crippen LogP contribution < -0.4 is 9.62 Å². The van der Waals surface area contributed by atoms with E-state index in [2.05, 4.69) is 5.32 Å². The molecule has 0 aromatic heterocycles. The van der Waals surface area contributed by atoms with Gasteiger partial charge in [-0.25, -0.2) is 12.8 Å². The maximum Gasteiger partial charge on any atom is 0.256 e. The molecule has 0 bridgehead atoms. The van der Waals surface area contributed by atoms with Gasteiger partial charge in [-0.05, 0) is 30.2 Å². The van der Waals surface area contributed by atoms with Crippen molar-refractivity contribution in [1.82, 2.24) is 5.32 Å². The highest BCUT2D eigenvalue weighted by Gasteiger charge is 2.31. The van der Waals surface area contributed by atoms with Crippen LogP contribution in [0.15, 0.2) is 42.5 Å². The summed E-state index contributed by atoms with van der Waals surface area (Å²) in [5.41, 5.74) is 0.966. The summed E-state index contributed by atoms with van der Waals surface area (Å²) in [6.45, 7) is 0.228. The average molecular weight is 383 g/mol. The molecule has 2 aromatic rings. The largest absolute Gasteiger partial charge is 0.345 e. The Morgan fingerprint density at radius 2 is 1.96 bits per heavy atom. The molecular formula is C17H16ClFN2O3S. The van der Waals surface area contributed by atoms with Crippen LogP contribution in [0, 0.1) is 5.82 Å². The molecule has 1 amide bonds. The summed E-state index contributed by atoms with van der Waals surface area (Å²) < 4.78 is 39.2. The zero-order chi connectivity index (χ0) is 18.2. The first-order chi connectivity index (χ1) is 11.8. The van der Waals surface area contributed by atoms with E-state index in [9.17, 15) is 17.6 Å². The molecule has 1 heterocycles. The maximum absolute atomic E-state index is 13.9. The summed E-state index contributed by atoms with van der Waals surface area (Å²) in [5.74, 6) is -1.33. The van der Waals surface area contributed by atoms with Crippen molar-refractivity contribution in [1.29, 1.82) is 0 Å². The van der Waals surface area contributed by atoms with Gasteiger partial charge in [-0.15, -0.1) is 0 Å². The summed E-state index contributed by atoms with van der Waals surface area (Å²) in [7, 11) is -3.42. The van der Waals surface area contributed by atoms with E-state index in [0.717, 1.165) is 6.26 Å². The lowest BCUT2D eigenvalue weighted by Crippen LogP contribution is -2.40. The fourth-order valence-electron chi connectivity index (χ4n) is 2.97. The van der Waals surface area contributed by atoms with Gasteiger partial charge in [0.25, 0.3) is 5.91 Å². The standard InChI is InChI=1S/C17H16ClFN2O3S/c1-25(23,24)21-10-9-14(11-5-2-3-8-15(11)21)20-17(22)16-12(18)6-4-7-13(16)19/h2-8,14H,9-10H2,1H3,(H,20,22). The molecule has 0 radical (unpaired) electrons. The Hall–Kier alpha value is -2.12. The molecule has 0 spiro atoms. The second kappa shape index (κ2) is 6.65. The number of hydrogen-bond donors (Lipinski definition) is 1. The van der Waals surface area contributed by atoms with E-state index in [0.29, 0.717) is 17.7 Å². The predicted molar refractivity (Wildman–Crippen MR) is 94.9 cm³/mol. The maximum atomic E-state index is 13.9. The van der Waals surface area contributed by atoms with Gasteiger partial charge in [-0.1, -0.05) is 35.9 Å². The molecule has 5 nitrogen and oxygen atoms in total. The van der Waals surface area contributed by atoms with Crippen LogP contribution in [0.1, 0.15) is 28.4 Å². The Labute approximate surface area is 150 Å². The molecule has 132 valence electrons. The summed E-state index contributed by atoms with van der Waals surface area (Å²) >= 11 is 5.94. The number of para-hydroxylation sites is 1. The minimum absolute atomic E-state index is 0.0272. The first-order valence-electron chi connectivity index (χ1n) is 7.60. The summed E-state index contributed by atoms with van der Waals surface area (Å²) in [5, 5.41) is 2.79. The molecular weight excluding hydrogens is 367 g/mol. The molecule has 3 rings (SSSR count). The first kappa shape index (κ1) is 17.7. The van der Waals surface area contributed by atoms with Gasteiger partial charge in [-0.2, -0.15) is 0 Å². The SMILES string of the molecule is CS(=O)(=O)N1CCC(NC(=O)c2c(F)cccc2Cl)c2ccccc21. The molecule has 2 aromatic carbocycles. The number of halogens is 2. The van der Waals surface area contributed by atoms with Gasteiger partial charge < -0.3 is 5.32 Å². The molecule has 0 fully saturated rings. The molecule has 8 heteroatoms. The Kier molecular flexibility index (Phi) is 4.71. The topological polar surface area (TPSA) is 66.5 Å². The fraction of sp³-hybridized carbons (Fsp3) is 0.235. The Morgan fingerprint density at radius 1 is 1.24 bits per heavy atom. The highest BCUT2D eigenvalue weighted by atomic mass is 35.5. The molecule has 1 atom stereocenters. The molecule has 0 aliphatic carbocycles. The van der Waals surface area contributed by atoms with Crippen molar-refractivity contribution in [3.05, 3.63) is 64.4 Å². The Morgan fingerprint density at radius 3 is 2.64 bits per heavy atom. The number of nitrogens with one attached hydrogen (secondary N) is 1. The van der Waals surface area contributed by atoms with Gasteiger partial charge in [0.05, 0.1) is 28.6 Å². The summed E-state index contributed by atoms with van der Waals surface area (Å²) in [4.78, 5) is 12.5. The number of hydrogen-bond acceptors (Lipinski definition) is 3. The van der Waals surface area contributed by atoms with Crippen LogP contribution in [0.4, 0.5) is 10.1 Å². The first-order valence-corrected chi connectivity index (χ1v) is 9.83. The number of nitrogens with zero attached hydrogens (tertiary/aromatic N) is 1. The van der Waals surface area contributed by atoms with E-state index in [4.69, 9.17) is 11.6 Å². The lowest BCUT2D eigenvalue weighted by Gasteiger charge is -2.34. The highest BCUT2D eigenvalue weighted by Crippen LogP contribution is 2.35. The number of fused-ring (bicyclic) bond motifs is 1. The normalized spacial score (nSPS) is 17.1. The van der Waals surface area contributed by atoms with Gasteiger partial charge in [0.2, 0.25) is 10.0 Å². The molecule has 1 aliphatic rings. The zero-order valence-corrected chi connectivity index (χ0v) is 14.9. The van der Waals surface area contributed by atoms with Crippen molar-refractivity contribution >= 4 is 33.2 Å². The smallest absolute Gasteiger partial charge is 0.256 e. The van der Waals surface area contributed by atoms with Gasteiger partial charge in [-0.3, -0.25) is 9.10 Å². The van der Waals surface area contributed by atoms with Crippen molar-refractivity contribution in [2.75, 3.05) is 17.1 Å². The van der Waals surface area contributed by atoms with Crippen molar-refractivity contribution in [3.63, 3.8) is 0 Å². The monoisotopic (exact) mass is 382 g/mol. The molecule has 0 saturated carbocycles. The van der Waals surface area contributed by atoms with Crippen molar-refractivity contribution < 1.29 is 17.6 Å². The highest BCUT2D eigenvalue weighted by molar-refractivity contribution is 7.92. The second-order valence-corrected chi connectivity index (χ2v) is 8.12. The van der Waals surface area contributed by atoms with Gasteiger partial charge >= 0.3 is 0 Å². The van der Waals surface area contributed by atoms with E-state index in [1.54, 1.807) is 24.3 Å². The second-order valence-electron chi connectivity index (χ2n) is 5.81. The van der Waals surface area contributed by atoms with E-state index < -0.39 is 27.8 Å². The predicted octanol–water partition coefficient (Wildman–Crippen LogP) is 3.12. The van der Waals surface area contributed by atoms with E-state index in [1.807, 2.05) is 0 Å². The third-order valence-electron chi connectivity index (χ3n) is 4.10. The lowest BCUT2D eigenvalue weighted by molar-refractivity contribution is 0.0930. The van der Waals surface area contributed by atoms with Gasteiger partial charge in [0.15, 0.2) is 0 Å². The van der Waals surface area contributed by atoms with E-state index in [1.165, 1.54) is 22.5 Å². The van der Waals surface area contributed by atoms with E-state index >= 15 is 0 Å². The Bertz CT molecular complexity index is 913. The quantitative estimate of drug-likeness (QED) is 0.886. The summed E-state index contributed by atoms with van der Waals surface area (Å²) in [6, 6.07) is 10.5. The van der Waals surface area contributed by atoms with Crippen LogP contribution in [0.2, 0.25) is 5.02 Å². The van der Waals surface area contributed by atoms with Crippen LogP contribution in [0.3, 0.4) is 0 Å². The number of benzene rings is 2. The average Bonchev–Trinajstić information content (AvgIpc) is 2.54. The molecule has 25 heavy (non-hydrogen) atoms. The third kappa shape index (κ3) is 3.48. The van der Waals surface area contributed by atoms with Crippen LogP contribution in [0.25, 0.3) is 0 Å². The van der Waals surface area contributed by atoms with Crippen LogP contribution in [0.5, 0.6) is 0 Å². The number of carbonyl (C=O) groups is 1. The fourth-order valence-corrected chi connectivity index (χ4v) is 4.18.